The van der Waals surface area contributed by atoms with Crippen molar-refractivity contribution in [3.8, 4) is 0 Å². The monoisotopic (exact) mass is 351 g/mol. The van der Waals surface area contributed by atoms with Crippen molar-refractivity contribution in [2.24, 2.45) is 0 Å². The number of nitrogens with zero attached hydrogens (tertiary/aromatic N) is 2. The van der Waals surface area contributed by atoms with Crippen LogP contribution in [0, 0.1) is 0 Å². The second kappa shape index (κ2) is 8.04. The average Bonchev–Trinajstić information content (AvgIpc) is 2.65. The topological polar surface area (TPSA) is 66.6 Å². The van der Waals surface area contributed by atoms with Gasteiger partial charge in [0.05, 0.1) is 0 Å². The molecule has 0 radical (unpaired) electrons. The summed E-state index contributed by atoms with van der Waals surface area (Å²) in [5.41, 5.74) is 9.84. The van der Waals surface area contributed by atoms with E-state index >= 15 is 0 Å². The molecular weight excluding hydrogens is 326 g/mol. The first kappa shape index (κ1) is 18.0. The number of hydrogen-bond donors (Lipinski definition) is 1. The molecule has 26 heavy (non-hydrogen) atoms. The van der Waals surface area contributed by atoms with Gasteiger partial charge in [-0.25, -0.2) is 0 Å². The van der Waals surface area contributed by atoms with Crippen molar-refractivity contribution in [2.75, 3.05) is 23.7 Å². The van der Waals surface area contributed by atoms with Gasteiger partial charge < -0.3 is 15.5 Å². The number of carbonyl (C=O) groups excluding carboxylic acids is 2. The zero-order valence-electron chi connectivity index (χ0n) is 15.1. The van der Waals surface area contributed by atoms with Crippen LogP contribution in [0.15, 0.2) is 48.5 Å². The molecule has 0 saturated carbocycles. The van der Waals surface area contributed by atoms with Crippen molar-refractivity contribution < 1.29 is 9.59 Å². The molecule has 2 aromatic rings. The van der Waals surface area contributed by atoms with E-state index in [4.69, 9.17) is 5.73 Å². The van der Waals surface area contributed by atoms with Gasteiger partial charge in [-0.3, -0.25) is 9.59 Å². The Balaban J connectivity index is 1.66. The lowest BCUT2D eigenvalue weighted by molar-refractivity contribution is -0.130. The summed E-state index contributed by atoms with van der Waals surface area (Å²) < 4.78 is 0. The Morgan fingerprint density at radius 2 is 1.88 bits per heavy atom. The molecule has 5 heteroatoms. The van der Waals surface area contributed by atoms with Crippen molar-refractivity contribution >= 4 is 23.2 Å². The molecule has 5 nitrogen and oxygen atoms in total. The van der Waals surface area contributed by atoms with Crippen molar-refractivity contribution in [1.29, 1.82) is 0 Å². The Labute approximate surface area is 154 Å². The fourth-order valence-electron chi connectivity index (χ4n) is 3.43. The largest absolute Gasteiger partial charge is 0.398 e. The van der Waals surface area contributed by atoms with Crippen LogP contribution in [0.4, 0.5) is 11.4 Å². The first-order valence-corrected chi connectivity index (χ1v) is 9.03. The number of nitrogens with two attached hydrogens (primary N) is 1. The summed E-state index contributed by atoms with van der Waals surface area (Å²) in [6.07, 6.45) is 2.12. The quantitative estimate of drug-likeness (QED) is 0.842. The number of benzene rings is 2. The zero-order chi connectivity index (χ0) is 18.5. The maximum absolute atomic E-state index is 12.8. The van der Waals surface area contributed by atoms with E-state index < -0.39 is 0 Å². The lowest BCUT2D eigenvalue weighted by Gasteiger charge is -2.31. The minimum Gasteiger partial charge on any atom is -0.398 e. The number of carbonyl (C=O) groups is 2. The summed E-state index contributed by atoms with van der Waals surface area (Å²) >= 11 is 0. The number of amides is 2. The molecule has 0 spiro atoms. The maximum Gasteiger partial charge on any atom is 0.228 e. The van der Waals surface area contributed by atoms with Crippen LogP contribution in [0.25, 0.3) is 0 Å². The first-order valence-electron chi connectivity index (χ1n) is 9.03. The lowest BCUT2D eigenvalue weighted by Crippen LogP contribution is -2.38. The standard InChI is InChI=1S/C21H25N3O2/c1-16(25)23(15-17-7-3-2-4-8-17)14-12-21(26)24-13-6-9-18-19(22)10-5-11-20(18)24/h2-5,7-8,10-11H,6,9,12-15,22H2,1H3. The summed E-state index contributed by atoms with van der Waals surface area (Å²) in [6, 6.07) is 15.5. The molecule has 3 rings (SSSR count). The van der Waals surface area contributed by atoms with Crippen molar-refractivity contribution in [3.63, 3.8) is 0 Å². The van der Waals surface area contributed by atoms with Crippen LogP contribution < -0.4 is 10.6 Å². The Morgan fingerprint density at radius 1 is 1.12 bits per heavy atom. The molecule has 2 amide bonds. The number of rotatable bonds is 5. The van der Waals surface area contributed by atoms with Crippen LogP contribution >= 0.6 is 0 Å². The second-order valence-corrected chi connectivity index (χ2v) is 6.67. The molecule has 136 valence electrons. The Hall–Kier alpha value is -2.82. The molecule has 2 N–H and O–H groups in total. The third-order valence-corrected chi connectivity index (χ3v) is 4.85. The molecule has 0 aliphatic carbocycles. The van der Waals surface area contributed by atoms with Gasteiger partial charge in [0.1, 0.15) is 0 Å². The lowest BCUT2D eigenvalue weighted by atomic mass is 9.99. The first-order chi connectivity index (χ1) is 12.6. The smallest absolute Gasteiger partial charge is 0.228 e. The normalized spacial score (nSPS) is 13.2. The molecule has 0 unspecified atom stereocenters. The fourth-order valence-corrected chi connectivity index (χ4v) is 3.43. The highest BCUT2D eigenvalue weighted by Gasteiger charge is 2.24. The predicted molar refractivity (Wildman–Crippen MR) is 104 cm³/mol. The van der Waals surface area contributed by atoms with Crippen LogP contribution in [0.2, 0.25) is 0 Å². The molecule has 0 saturated heterocycles. The summed E-state index contributed by atoms with van der Waals surface area (Å²) in [4.78, 5) is 28.3. The van der Waals surface area contributed by atoms with E-state index in [9.17, 15) is 9.59 Å². The van der Waals surface area contributed by atoms with E-state index in [-0.39, 0.29) is 11.8 Å². The predicted octanol–water partition coefficient (Wildman–Crippen LogP) is 2.99. The molecule has 2 aromatic carbocycles. The maximum atomic E-state index is 12.8. The van der Waals surface area contributed by atoms with Crippen LogP contribution in [0.1, 0.15) is 30.9 Å². The third-order valence-electron chi connectivity index (χ3n) is 4.85. The van der Waals surface area contributed by atoms with E-state index in [1.54, 1.807) is 11.8 Å². The Kier molecular flexibility index (Phi) is 5.56. The average molecular weight is 351 g/mol. The third kappa shape index (κ3) is 4.04. The summed E-state index contributed by atoms with van der Waals surface area (Å²) in [7, 11) is 0. The van der Waals surface area contributed by atoms with Gasteiger partial charge in [0.15, 0.2) is 0 Å². The van der Waals surface area contributed by atoms with Crippen LogP contribution in [-0.2, 0) is 22.6 Å². The molecule has 1 heterocycles. The highest BCUT2D eigenvalue weighted by molar-refractivity contribution is 5.95. The fraction of sp³-hybridized carbons (Fsp3) is 0.333. The van der Waals surface area contributed by atoms with E-state index in [0.717, 1.165) is 35.3 Å². The highest BCUT2D eigenvalue weighted by atomic mass is 16.2. The van der Waals surface area contributed by atoms with Crippen molar-refractivity contribution in [3.05, 3.63) is 59.7 Å². The minimum atomic E-state index is -0.0232. The number of anilines is 2. The van der Waals surface area contributed by atoms with Gasteiger partial charge in [-0.05, 0) is 36.1 Å². The SMILES string of the molecule is CC(=O)N(CCC(=O)N1CCCc2c(N)cccc21)Cc1ccccc1. The molecule has 0 aromatic heterocycles. The highest BCUT2D eigenvalue weighted by Crippen LogP contribution is 2.31. The molecular formula is C21H25N3O2. The summed E-state index contributed by atoms with van der Waals surface area (Å²) in [5.74, 6) is 0.0146. The van der Waals surface area contributed by atoms with E-state index in [1.165, 1.54) is 0 Å². The van der Waals surface area contributed by atoms with Gasteiger partial charge in [-0.1, -0.05) is 36.4 Å². The van der Waals surface area contributed by atoms with E-state index in [0.29, 0.717) is 26.1 Å². The zero-order valence-corrected chi connectivity index (χ0v) is 15.1. The van der Waals surface area contributed by atoms with Crippen molar-refractivity contribution in [2.45, 2.75) is 32.7 Å². The van der Waals surface area contributed by atoms with E-state index in [1.807, 2.05) is 53.4 Å². The van der Waals surface area contributed by atoms with Crippen LogP contribution in [0.3, 0.4) is 0 Å². The molecule has 0 bridgehead atoms. The van der Waals surface area contributed by atoms with Gasteiger partial charge in [0.25, 0.3) is 0 Å². The van der Waals surface area contributed by atoms with Crippen LogP contribution in [-0.4, -0.2) is 29.8 Å². The molecule has 0 fully saturated rings. The van der Waals surface area contributed by atoms with Gasteiger partial charge in [-0.2, -0.15) is 0 Å². The molecule has 0 atom stereocenters. The Bertz CT molecular complexity index is 789. The second-order valence-electron chi connectivity index (χ2n) is 6.67. The van der Waals surface area contributed by atoms with Crippen molar-refractivity contribution in [1.82, 2.24) is 4.90 Å². The van der Waals surface area contributed by atoms with Gasteiger partial charge in [0, 0.05) is 44.4 Å². The minimum absolute atomic E-state index is 0.0232. The molecule has 1 aliphatic rings. The Morgan fingerprint density at radius 3 is 2.62 bits per heavy atom. The van der Waals surface area contributed by atoms with Gasteiger partial charge in [0.2, 0.25) is 11.8 Å². The number of hydrogen-bond acceptors (Lipinski definition) is 3. The van der Waals surface area contributed by atoms with Gasteiger partial charge in [-0.15, -0.1) is 0 Å². The summed E-state index contributed by atoms with van der Waals surface area (Å²) in [5, 5.41) is 0. The van der Waals surface area contributed by atoms with Gasteiger partial charge >= 0.3 is 0 Å². The van der Waals surface area contributed by atoms with Crippen LogP contribution in [0.5, 0.6) is 0 Å². The number of fused-ring (bicyclic) bond motifs is 1. The number of nitrogen functional groups attached to an aromatic ring is 1. The summed E-state index contributed by atoms with van der Waals surface area (Å²) in [6.45, 7) is 3.18. The van der Waals surface area contributed by atoms with E-state index in [2.05, 4.69) is 0 Å². The molecule has 1 aliphatic heterocycles.